The molecule has 0 spiro atoms. The van der Waals surface area contributed by atoms with Crippen molar-refractivity contribution in [2.75, 3.05) is 16.3 Å². The summed E-state index contributed by atoms with van der Waals surface area (Å²) in [6.07, 6.45) is 1.30. The van der Waals surface area contributed by atoms with Gasteiger partial charge in [0, 0.05) is 30.4 Å². The smallest absolute Gasteiger partial charge is 0.338 e. The van der Waals surface area contributed by atoms with Crippen LogP contribution in [-0.2, 0) is 20.7 Å². The Labute approximate surface area is 170 Å². The van der Waals surface area contributed by atoms with Gasteiger partial charge in [-0.05, 0) is 62.6 Å². The quantitative estimate of drug-likeness (QED) is 0.749. The standard InChI is InChI=1S/C23H24N2O4/c1-15-14-18-6-3-4-7-20(18)25(15)22(27)16(2)29-23(28)17-9-11-19(12-10-17)24-13-5-8-21(24)26/h3-4,6-7,9-12,15-16H,5,8,13-14H2,1-2H3/t15-,16-/m1/s1. The first-order chi connectivity index (χ1) is 14.0. The Hall–Kier alpha value is -3.15. The Morgan fingerprint density at radius 3 is 2.52 bits per heavy atom. The van der Waals surface area contributed by atoms with Gasteiger partial charge in [-0.2, -0.15) is 0 Å². The van der Waals surface area contributed by atoms with Crippen LogP contribution in [0.5, 0.6) is 0 Å². The molecule has 150 valence electrons. The van der Waals surface area contributed by atoms with Gasteiger partial charge in [-0.15, -0.1) is 0 Å². The summed E-state index contributed by atoms with van der Waals surface area (Å²) in [5, 5.41) is 0. The lowest BCUT2D eigenvalue weighted by Crippen LogP contribution is -2.43. The van der Waals surface area contributed by atoms with E-state index in [1.165, 1.54) is 0 Å². The molecule has 0 aliphatic carbocycles. The molecule has 0 saturated carbocycles. The number of esters is 1. The molecule has 1 saturated heterocycles. The number of nitrogens with zero attached hydrogens (tertiary/aromatic N) is 2. The number of hydrogen-bond donors (Lipinski definition) is 0. The highest BCUT2D eigenvalue weighted by Crippen LogP contribution is 2.32. The van der Waals surface area contributed by atoms with E-state index in [0.29, 0.717) is 18.5 Å². The molecule has 0 radical (unpaired) electrons. The number of hydrogen-bond acceptors (Lipinski definition) is 4. The van der Waals surface area contributed by atoms with Crippen molar-refractivity contribution in [3.05, 3.63) is 59.7 Å². The van der Waals surface area contributed by atoms with Crippen molar-refractivity contribution in [2.24, 2.45) is 0 Å². The van der Waals surface area contributed by atoms with Crippen LogP contribution >= 0.6 is 0 Å². The van der Waals surface area contributed by atoms with Crippen LogP contribution in [-0.4, -0.2) is 36.5 Å². The number of benzene rings is 2. The molecule has 0 aromatic heterocycles. The van der Waals surface area contributed by atoms with Crippen LogP contribution < -0.4 is 9.80 Å². The topological polar surface area (TPSA) is 66.9 Å². The molecule has 2 atom stereocenters. The van der Waals surface area contributed by atoms with Crippen LogP contribution in [0.1, 0.15) is 42.6 Å². The molecule has 2 aliphatic rings. The van der Waals surface area contributed by atoms with E-state index >= 15 is 0 Å². The SMILES string of the molecule is C[C@@H]1Cc2ccccc2N1C(=O)[C@@H](C)OC(=O)c1ccc(N2CCCC2=O)cc1. The zero-order valence-corrected chi connectivity index (χ0v) is 16.6. The maximum absolute atomic E-state index is 13.0. The van der Waals surface area contributed by atoms with Crippen molar-refractivity contribution >= 4 is 29.2 Å². The Morgan fingerprint density at radius 2 is 1.83 bits per heavy atom. The third-order valence-corrected chi connectivity index (χ3v) is 5.56. The predicted molar refractivity (Wildman–Crippen MR) is 110 cm³/mol. The van der Waals surface area contributed by atoms with Crippen molar-refractivity contribution < 1.29 is 19.1 Å². The molecule has 29 heavy (non-hydrogen) atoms. The molecule has 2 aromatic rings. The first-order valence-electron chi connectivity index (χ1n) is 9.98. The van der Waals surface area contributed by atoms with Gasteiger partial charge in [0.1, 0.15) is 0 Å². The van der Waals surface area contributed by atoms with Gasteiger partial charge < -0.3 is 14.5 Å². The molecular formula is C23H24N2O4. The normalized spacial score (nSPS) is 19.2. The van der Waals surface area contributed by atoms with E-state index in [1.807, 2.05) is 31.2 Å². The third kappa shape index (κ3) is 3.62. The van der Waals surface area contributed by atoms with Gasteiger partial charge in [-0.25, -0.2) is 4.79 Å². The van der Waals surface area contributed by atoms with Crippen molar-refractivity contribution in [2.45, 2.75) is 45.3 Å². The van der Waals surface area contributed by atoms with Gasteiger partial charge >= 0.3 is 5.97 Å². The molecule has 4 rings (SSSR count). The fourth-order valence-corrected chi connectivity index (χ4v) is 4.07. The van der Waals surface area contributed by atoms with Gasteiger partial charge in [0.05, 0.1) is 5.56 Å². The van der Waals surface area contributed by atoms with Gasteiger partial charge in [0.15, 0.2) is 6.10 Å². The molecule has 2 aromatic carbocycles. The Kier molecular flexibility index (Phi) is 5.09. The van der Waals surface area contributed by atoms with Crippen molar-refractivity contribution in [3.8, 4) is 0 Å². The Morgan fingerprint density at radius 1 is 1.10 bits per heavy atom. The van der Waals surface area contributed by atoms with Crippen LogP contribution in [0, 0.1) is 0 Å². The van der Waals surface area contributed by atoms with Crippen molar-refractivity contribution in [1.29, 1.82) is 0 Å². The average Bonchev–Trinajstić information content (AvgIpc) is 3.29. The van der Waals surface area contributed by atoms with E-state index in [-0.39, 0.29) is 17.9 Å². The number of para-hydroxylation sites is 1. The molecule has 0 unspecified atom stereocenters. The van der Waals surface area contributed by atoms with Crippen LogP contribution in [0.15, 0.2) is 48.5 Å². The van der Waals surface area contributed by atoms with E-state index in [0.717, 1.165) is 29.8 Å². The molecule has 6 heteroatoms. The first kappa shape index (κ1) is 19.2. The highest BCUT2D eigenvalue weighted by atomic mass is 16.5. The first-order valence-corrected chi connectivity index (χ1v) is 9.98. The Balaban J connectivity index is 1.43. The number of amides is 2. The maximum Gasteiger partial charge on any atom is 0.338 e. The van der Waals surface area contributed by atoms with Gasteiger partial charge in [-0.3, -0.25) is 9.59 Å². The molecule has 2 amide bonds. The average molecular weight is 392 g/mol. The van der Waals surface area contributed by atoms with Gasteiger partial charge in [-0.1, -0.05) is 18.2 Å². The Bertz CT molecular complexity index is 954. The van der Waals surface area contributed by atoms with Crippen LogP contribution in [0.25, 0.3) is 0 Å². The summed E-state index contributed by atoms with van der Waals surface area (Å²) < 4.78 is 5.45. The molecule has 1 fully saturated rings. The van der Waals surface area contributed by atoms with Gasteiger partial charge in [0.2, 0.25) is 5.91 Å². The number of carbonyl (C=O) groups excluding carboxylic acids is 3. The zero-order chi connectivity index (χ0) is 20.5. The van der Waals surface area contributed by atoms with E-state index in [9.17, 15) is 14.4 Å². The van der Waals surface area contributed by atoms with Crippen molar-refractivity contribution in [3.63, 3.8) is 0 Å². The number of fused-ring (bicyclic) bond motifs is 1. The minimum absolute atomic E-state index is 0.0262. The van der Waals surface area contributed by atoms with Crippen molar-refractivity contribution in [1.82, 2.24) is 0 Å². The van der Waals surface area contributed by atoms with Crippen LogP contribution in [0.2, 0.25) is 0 Å². The monoisotopic (exact) mass is 392 g/mol. The van der Waals surface area contributed by atoms with Gasteiger partial charge in [0.25, 0.3) is 5.91 Å². The lowest BCUT2D eigenvalue weighted by atomic mass is 10.1. The second-order valence-corrected chi connectivity index (χ2v) is 7.63. The lowest BCUT2D eigenvalue weighted by molar-refractivity contribution is -0.126. The van der Waals surface area contributed by atoms with E-state index in [1.54, 1.807) is 41.0 Å². The summed E-state index contributed by atoms with van der Waals surface area (Å²) in [4.78, 5) is 40.8. The predicted octanol–water partition coefficient (Wildman–Crippen LogP) is 3.34. The largest absolute Gasteiger partial charge is 0.449 e. The second-order valence-electron chi connectivity index (χ2n) is 7.63. The van der Waals surface area contributed by atoms with Crippen LogP contribution in [0.4, 0.5) is 11.4 Å². The minimum atomic E-state index is -0.893. The van der Waals surface area contributed by atoms with Crippen LogP contribution in [0.3, 0.4) is 0 Å². The fraction of sp³-hybridized carbons (Fsp3) is 0.348. The van der Waals surface area contributed by atoms with E-state index in [4.69, 9.17) is 4.74 Å². The van der Waals surface area contributed by atoms with E-state index < -0.39 is 12.1 Å². The number of rotatable bonds is 4. The molecule has 0 bridgehead atoms. The summed E-state index contributed by atoms with van der Waals surface area (Å²) in [6, 6.07) is 14.6. The number of carbonyl (C=O) groups is 3. The highest BCUT2D eigenvalue weighted by molar-refractivity contribution is 6.01. The molecule has 2 heterocycles. The third-order valence-electron chi connectivity index (χ3n) is 5.56. The summed E-state index contributed by atoms with van der Waals surface area (Å²) >= 11 is 0. The highest BCUT2D eigenvalue weighted by Gasteiger charge is 2.34. The minimum Gasteiger partial charge on any atom is -0.449 e. The van der Waals surface area contributed by atoms with E-state index in [2.05, 4.69) is 0 Å². The summed E-state index contributed by atoms with van der Waals surface area (Å²) in [6.45, 7) is 4.29. The lowest BCUT2D eigenvalue weighted by Gasteiger charge is -2.26. The molecule has 6 nitrogen and oxygen atoms in total. The second kappa shape index (κ2) is 7.70. The summed E-state index contributed by atoms with van der Waals surface area (Å²) in [5.41, 5.74) is 3.14. The zero-order valence-electron chi connectivity index (χ0n) is 16.6. The molecular weight excluding hydrogens is 368 g/mol. The summed E-state index contributed by atoms with van der Waals surface area (Å²) in [5.74, 6) is -0.681. The molecule has 0 N–H and O–H groups in total. The maximum atomic E-state index is 13.0. The fourth-order valence-electron chi connectivity index (χ4n) is 4.07. The summed E-state index contributed by atoms with van der Waals surface area (Å²) in [7, 11) is 0. The number of anilines is 2. The molecule has 2 aliphatic heterocycles. The number of ether oxygens (including phenoxy) is 1.